The molecule has 1 N–H and O–H groups in total. The van der Waals surface area contributed by atoms with Gasteiger partial charge in [0.25, 0.3) is 0 Å². The summed E-state index contributed by atoms with van der Waals surface area (Å²) < 4.78 is 15.3. The van der Waals surface area contributed by atoms with E-state index in [1.54, 1.807) is 6.07 Å². The van der Waals surface area contributed by atoms with Crippen molar-refractivity contribution in [2.75, 3.05) is 32.2 Å². The number of esters is 1. The number of carbonyl (C=O) groups excluding carboxylic acids is 2. The number of carbonyl (C=O) groups is 2. The van der Waals surface area contributed by atoms with E-state index in [0.29, 0.717) is 30.2 Å². The molecule has 1 saturated heterocycles. The lowest BCUT2D eigenvalue weighted by Gasteiger charge is -2.23. The number of nitrogens with one attached hydrogen (secondary N) is 1. The predicted octanol–water partition coefficient (Wildman–Crippen LogP) is 1.98. The Morgan fingerprint density at radius 1 is 1.32 bits per heavy atom. The molecule has 1 amide bonds. The summed E-state index contributed by atoms with van der Waals surface area (Å²) in [6.07, 6.45) is 1.74. The third-order valence-corrected chi connectivity index (χ3v) is 3.72. The van der Waals surface area contributed by atoms with Crippen LogP contribution in [0, 0.1) is 0 Å². The van der Waals surface area contributed by atoms with E-state index in [1.165, 1.54) is 20.4 Å². The highest BCUT2D eigenvalue weighted by atomic mass is 16.6. The van der Waals surface area contributed by atoms with Crippen LogP contribution in [0.2, 0.25) is 0 Å². The van der Waals surface area contributed by atoms with Gasteiger partial charge >= 0.3 is 12.1 Å². The fourth-order valence-corrected chi connectivity index (χ4v) is 2.64. The van der Waals surface area contributed by atoms with Gasteiger partial charge in [-0.25, -0.2) is 14.6 Å². The largest absolute Gasteiger partial charge is 0.481 e. The lowest BCUT2D eigenvalue weighted by Crippen LogP contribution is -2.40. The van der Waals surface area contributed by atoms with Crippen LogP contribution in [0.4, 0.5) is 10.5 Å². The number of anilines is 1. The second-order valence-corrected chi connectivity index (χ2v) is 6.81. The van der Waals surface area contributed by atoms with Crippen molar-refractivity contribution in [3.8, 4) is 5.88 Å². The van der Waals surface area contributed by atoms with E-state index in [1.807, 2.05) is 25.7 Å². The molecular weight excluding hydrogens is 326 g/mol. The normalized spacial score (nSPS) is 17.2. The van der Waals surface area contributed by atoms with Crippen LogP contribution in [-0.2, 0) is 9.47 Å². The van der Waals surface area contributed by atoms with Crippen molar-refractivity contribution in [1.29, 1.82) is 0 Å². The summed E-state index contributed by atoms with van der Waals surface area (Å²) in [6, 6.07) is 1.63. The molecule has 1 aromatic rings. The van der Waals surface area contributed by atoms with Gasteiger partial charge in [0.2, 0.25) is 5.88 Å². The van der Waals surface area contributed by atoms with E-state index in [0.717, 1.165) is 6.42 Å². The monoisotopic (exact) mass is 351 g/mol. The molecule has 138 valence electrons. The number of alkyl carbamates (subject to hydrolysis) is 1. The Hall–Kier alpha value is -2.51. The Labute approximate surface area is 147 Å². The molecule has 1 aliphatic rings. The molecule has 1 atom stereocenters. The van der Waals surface area contributed by atoms with Crippen molar-refractivity contribution in [3.63, 3.8) is 0 Å². The summed E-state index contributed by atoms with van der Waals surface area (Å²) in [6.45, 7) is 6.69. The van der Waals surface area contributed by atoms with Crippen molar-refractivity contribution >= 4 is 17.7 Å². The van der Waals surface area contributed by atoms with Crippen molar-refractivity contribution < 1.29 is 23.8 Å². The standard InChI is InChI=1S/C17H25N3O5/c1-17(2,3)25-16(22)19-11-6-7-20(10-11)13-8-14(23-4)18-9-12(13)15(21)24-5/h8-9,11H,6-7,10H2,1-5H3,(H,19,22)/t11-/m0/s1. The molecule has 0 aromatic carbocycles. The number of aromatic nitrogens is 1. The molecule has 0 bridgehead atoms. The lowest BCUT2D eigenvalue weighted by atomic mass is 10.2. The van der Waals surface area contributed by atoms with Crippen LogP contribution in [0.3, 0.4) is 0 Å². The molecular formula is C17H25N3O5. The first-order valence-corrected chi connectivity index (χ1v) is 8.10. The van der Waals surface area contributed by atoms with E-state index in [4.69, 9.17) is 14.2 Å². The second-order valence-electron chi connectivity index (χ2n) is 6.81. The molecule has 1 fully saturated rings. The first-order chi connectivity index (χ1) is 11.7. The maximum Gasteiger partial charge on any atom is 0.407 e. The van der Waals surface area contributed by atoms with Crippen LogP contribution in [0.5, 0.6) is 5.88 Å². The molecule has 8 nitrogen and oxygen atoms in total. The van der Waals surface area contributed by atoms with Gasteiger partial charge in [-0.1, -0.05) is 0 Å². The van der Waals surface area contributed by atoms with Crippen LogP contribution in [0.25, 0.3) is 0 Å². The quantitative estimate of drug-likeness (QED) is 0.830. The fourth-order valence-electron chi connectivity index (χ4n) is 2.64. The number of hydrogen-bond donors (Lipinski definition) is 1. The number of ether oxygens (including phenoxy) is 3. The van der Waals surface area contributed by atoms with E-state index < -0.39 is 17.7 Å². The van der Waals surface area contributed by atoms with Gasteiger partial charge in [-0.2, -0.15) is 0 Å². The summed E-state index contributed by atoms with van der Waals surface area (Å²) >= 11 is 0. The first kappa shape index (κ1) is 18.8. The maximum atomic E-state index is 12.0. The molecule has 0 radical (unpaired) electrons. The minimum absolute atomic E-state index is 0.0699. The number of hydrogen-bond acceptors (Lipinski definition) is 7. The van der Waals surface area contributed by atoms with Gasteiger partial charge in [-0.05, 0) is 27.2 Å². The van der Waals surface area contributed by atoms with Gasteiger partial charge in [0.15, 0.2) is 0 Å². The zero-order chi connectivity index (χ0) is 18.6. The second kappa shape index (κ2) is 7.58. The molecule has 0 saturated carbocycles. The Bertz CT molecular complexity index is 642. The number of rotatable bonds is 4. The predicted molar refractivity (Wildman–Crippen MR) is 92.1 cm³/mol. The number of amides is 1. The Morgan fingerprint density at radius 2 is 2.04 bits per heavy atom. The number of pyridine rings is 1. The molecule has 1 aromatic heterocycles. The Morgan fingerprint density at radius 3 is 2.64 bits per heavy atom. The van der Waals surface area contributed by atoms with Gasteiger partial charge < -0.3 is 24.4 Å². The Balaban J connectivity index is 2.10. The molecule has 2 rings (SSSR count). The zero-order valence-corrected chi connectivity index (χ0v) is 15.3. The van der Waals surface area contributed by atoms with E-state index in [9.17, 15) is 9.59 Å². The fraction of sp³-hybridized carbons (Fsp3) is 0.588. The molecule has 2 heterocycles. The van der Waals surface area contributed by atoms with E-state index >= 15 is 0 Å². The van der Waals surface area contributed by atoms with Crippen molar-refractivity contribution in [1.82, 2.24) is 10.3 Å². The molecule has 25 heavy (non-hydrogen) atoms. The minimum Gasteiger partial charge on any atom is -0.481 e. The SMILES string of the molecule is COC(=O)c1cnc(OC)cc1N1CC[C@H](NC(=O)OC(C)(C)C)C1. The zero-order valence-electron chi connectivity index (χ0n) is 15.3. The van der Waals surface area contributed by atoms with Crippen molar-refractivity contribution in [2.45, 2.75) is 38.8 Å². The molecule has 0 unspecified atom stereocenters. The van der Waals surface area contributed by atoms with Crippen LogP contribution in [0.15, 0.2) is 12.3 Å². The van der Waals surface area contributed by atoms with Gasteiger partial charge in [0.1, 0.15) is 11.2 Å². The van der Waals surface area contributed by atoms with Gasteiger partial charge in [0.05, 0.1) is 25.9 Å². The van der Waals surface area contributed by atoms with Crippen molar-refractivity contribution in [2.24, 2.45) is 0 Å². The van der Waals surface area contributed by atoms with E-state index in [2.05, 4.69) is 10.3 Å². The average Bonchev–Trinajstić information content (AvgIpc) is 2.99. The number of methoxy groups -OCH3 is 2. The third kappa shape index (κ3) is 4.98. The molecule has 0 spiro atoms. The summed E-state index contributed by atoms with van der Waals surface area (Å²) in [5.74, 6) is -0.0556. The Kier molecular flexibility index (Phi) is 5.71. The molecule has 8 heteroatoms. The lowest BCUT2D eigenvalue weighted by molar-refractivity contribution is 0.0507. The van der Waals surface area contributed by atoms with Gasteiger partial charge in [-0.15, -0.1) is 0 Å². The van der Waals surface area contributed by atoms with Gasteiger partial charge in [-0.3, -0.25) is 0 Å². The summed E-state index contributed by atoms with van der Waals surface area (Å²) in [7, 11) is 2.84. The minimum atomic E-state index is -0.543. The highest BCUT2D eigenvalue weighted by Gasteiger charge is 2.29. The van der Waals surface area contributed by atoms with Crippen LogP contribution in [0.1, 0.15) is 37.6 Å². The van der Waals surface area contributed by atoms with Gasteiger partial charge in [0, 0.05) is 25.4 Å². The number of nitrogens with zero attached hydrogens (tertiary/aromatic N) is 2. The summed E-state index contributed by atoms with van der Waals surface area (Å²) in [5, 5.41) is 2.86. The highest BCUT2D eigenvalue weighted by molar-refractivity contribution is 5.95. The molecule has 1 aliphatic heterocycles. The van der Waals surface area contributed by atoms with Crippen molar-refractivity contribution in [3.05, 3.63) is 17.8 Å². The van der Waals surface area contributed by atoms with Crippen LogP contribution in [-0.4, -0.2) is 56.0 Å². The van der Waals surface area contributed by atoms with E-state index in [-0.39, 0.29) is 6.04 Å². The average molecular weight is 351 g/mol. The summed E-state index contributed by atoms with van der Waals surface area (Å²) in [5.41, 5.74) is 0.493. The maximum absolute atomic E-state index is 12.0. The topological polar surface area (TPSA) is 90.0 Å². The van der Waals surface area contributed by atoms with Crippen LogP contribution >= 0.6 is 0 Å². The first-order valence-electron chi connectivity index (χ1n) is 8.10. The third-order valence-electron chi connectivity index (χ3n) is 3.72. The molecule has 0 aliphatic carbocycles. The smallest absolute Gasteiger partial charge is 0.407 e. The van der Waals surface area contributed by atoms with Crippen LogP contribution < -0.4 is 15.0 Å². The highest BCUT2D eigenvalue weighted by Crippen LogP contribution is 2.28. The summed E-state index contributed by atoms with van der Waals surface area (Å²) in [4.78, 5) is 30.0.